The Balaban J connectivity index is 3.57. The Labute approximate surface area is 214 Å². The van der Waals surface area contributed by atoms with Crippen LogP contribution in [0.5, 0.6) is 0 Å². The summed E-state index contributed by atoms with van der Waals surface area (Å²) in [5.74, 6) is 0.561. The monoisotopic (exact) mass is 482 g/mol. The molecule has 0 unspecified atom stereocenters. The molecule has 0 heterocycles. The molecule has 0 aliphatic carbocycles. The highest BCUT2D eigenvalue weighted by atomic mass is 16.5. The fourth-order valence-corrected chi connectivity index (χ4v) is 4.78. The number of hydrogen-bond acceptors (Lipinski definition) is 3. The molecular weight excluding hydrogens is 420 g/mol. The van der Waals surface area contributed by atoms with Crippen LogP contribution in [0.2, 0.25) is 0 Å². The van der Waals surface area contributed by atoms with Crippen molar-refractivity contribution in [1.82, 2.24) is 0 Å². The molecular formula is C31H62O3. The maximum Gasteiger partial charge on any atom is 0.305 e. The first kappa shape index (κ1) is 33.4. The van der Waals surface area contributed by atoms with Crippen LogP contribution < -0.4 is 0 Å². The van der Waals surface area contributed by atoms with Gasteiger partial charge >= 0.3 is 5.97 Å². The van der Waals surface area contributed by atoms with E-state index in [0.29, 0.717) is 18.9 Å². The number of carbonyl (C=O) groups excluding carboxylic acids is 1. The summed E-state index contributed by atoms with van der Waals surface area (Å²) in [6.07, 6.45) is 28.5. The second kappa shape index (κ2) is 27.0. The number of unbranched alkanes of at least 4 members (excludes halogenated alkanes) is 15. The number of aliphatic hydroxyl groups is 1. The van der Waals surface area contributed by atoms with E-state index in [0.717, 1.165) is 32.1 Å². The Hall–Kier alpha value is -0.570. The Bertz CT molecular complexity index is 409. The van der Waals surface area contributed by atoms with Gasteiger partial charge in [0.15, 0.2) is 0 Å². The molecule has 0 aromatic heterocycles. The number of carbonyl (C=O) groups is 1. The summed E-state index contributed by atoms with van der Waals surface area (Å²) in [6.45, 7) is 7.37. The smallest absolute Gasteiger partial charge is 0.305 e. The Morgan fingerprint density at radius 2 is 0.971 bits per heavy atom. The SMILES string of the molecule is CCCCCCCCC[C@H](O)CCCCCCCCC(=O)OC[C@@H](CCCC)CCCCCC. The molecule has 0 aliphatic heterocycles. The van der Waals surface area contributed by atoms with Gasteiger partial charge in [-0.15, -0.1) is 0 Å². The van der Waals surface area contributed by atoms with Crippen molar-refractivity contribution >= 4 is 5.97 Å². The van der Waals surface area contributed by atoms with Crippen LogP contribution in [0.25, 0.3) is 0 Å². The van der Waals surface area contributed by atoms with Gasteiger partial charge in [-0.3, -0.25) is 4.79 Å². The van der Waals surface area contributed by atoms with Crippen LogP contribution in [0.3, 0.4) is 0 Å². The number of esters is 1. The predicted octanol–water partition coefficient (Wildman–Crippen LogP) is 9.93. The predicted molar refractivity (Wildman–Crippen MR) is 148 cm³/mol. The minimum Gasteiger partial charge on any atom is -0.465 e. The van der Waals surface area contributed by atoms with Crippen LogP contribution in [0.15, 0.2) is 0 Å². The van der Waals surface area contributed by atoms with Crippen molar-refractivity contribution in [2.75, 3.05) is 6.61 Å². The summed E-state index contributed by atoms with van der Waals surface area (Å²) in [7, 11) is 0. The standard InChI is InChI=1S/C31H62O3/c1-4-7-10-12-13-16-20-25-30(32)26-21-17-14-15-18-22-27-31(33)34-28-29(23-9-6-3)24-19-11-8-5-2/h29-30,32H,4-28H2,1-3H3/t29-,30-/m0/s1. The van der Waals surface area contributed by atoms with Gasteiger partial charge in [0.1, 0.15) is 0 Å². The van der Waals surface area contributed by atoms with E-state index < -0.39 is 0 Å². The second-order valence-corrected chi connectivity index (χ2v) is 10.8. The third-order valence-corrected chi connectivity index (χ3v) is 7.22. The molecule has 0 aromatic rings. The lowest BCUT2D eigenvalue weighted by atomic mass is 9.96. The van der Waals surface area contributed by atoms with Gasteiger partial charge in [0.25, 0.3) is 0 Å². The molecule has 0 aliphatic rings. The fraction of sp³-hybridized carbons (Fsp3) is 0.968. The fourth-order valence-electron chi connectivity index (χ4n) is 4.78. The lowest BCUT2D eigenvalue weighted by molar-refractivity contribution is -0.145. The normalized spacial score (nSPS) is 13.2. The number of aliphatic hydroxyl groups excluding tert-OH is 1. The van der Waals surface area contributed by atoms with Gasteiger partial charge < -0.3 is 9.84 Å². The molecule has 0 fully saturated rings. The maximum atomic E-state index is 12.1. The van der Waals surface area contributed by atoms with Gasteiger partial charge in [0.2, 0.25) is 0 Å². The van der Waals surface area contributed by atoms with Crippen molar-refractivity contribution in [3.05, 3.63) is 0 Å². The molecule has 3 heteroatoms. The number of rotatable bonds is 27. The molecule has 0 aromatic carbocycles. The van der Waals surface area contributed by atoms with Crippen molar-refractivity contribution < 1.29 is 14.6 Å². The summed E-state index contributed by atoms with van der Waals surface area (Å²) in [4.78, 5) is 12.1. The third kappa shape index (κ3) is 24.6. The first-order chi connectivity index (χ1) is 16.6. The average molecular weight is 483 g/mol. The molecule has 3 nitrogen and oxygen atoms in total. The lowest BCUT2D eigenvalue weighted by Gasteiger charge is -2.16. The van der Waals surface area contributed by atoms with Gasteiger partial charge in [-0.2, -0.15) is 0 Å². The van der Waals surface area contributed by atoms with E-state index in [4.69, 9.17) is 4.74 Å². The van der Waals surface area contributed by atoms with E-state index in [9.17, 15) is 9.90 Å². The Morgan fingerprint density at radius 3 is 1.53 bits per heavy atom. The van der Waals surface area contributed by atoms with Crippen LogP contribution in [0.4, 0.5) is 0 Å². The van der Waals surface area contributed by atoms with Crippen LogP contribution in [-0.2, 0) is 9.53 Å². The second-order valence-electron chi connectivity index (χ2n) is 10.8. The summed E-state index contributed by atoms with van der Waals surface area (Å²) in [5, 5.41) is 10.1. The van der Waals surface area contributed by atoms with Gasteiger partial charge in [-0.1, -0.05) is 136 Å². The lowest BCUT2D eigenvalue weighted by Crippen LogP contribution is -2.14. The highest BCUT2D eigenvalue weighted by molar-refractivity contribution is 5.69. The van der Waals surface area contributed by atoms with Crippen LogP contribution in [-0.4, -0.2) is 23.8 Å². The first-order valence-electron chi connectivity index (χ1n) is 15.5. The molecule has 0 saturated heterocycles. The van der Waals surface area contributed by atoms with Crippen LogP contribution in [0.1, 0.15) is 175 Å². The highest BCUT2D eigenvalue weighted by Crippen LogP contribution is 2.19. The highest BCUT2D eigenvalue weighted by Gasteiger charge is 2.12. The van der Waals surface area contributed by atoms with E-state index in [2.05, 4.69) is 20.8 Å². The molecule has 34 heavy (non-hydrogen) atoms. The van der Waals surface area contributed by atoms with Gasteiger partial charge in [-0.05, 0) is 38.0 Å². The molecule has 2 atom stereocenters. The Morgan fingerprint density at radius 1 is 0.559 bits per heavy atom. The molecule has 0 spiro atoms. The van der Waals surface area contributed by atoms with Crippen molar-refractivity contribution in [1.29, 1.82) is 0 Å². The topological polar surface area (TPSA) is 46.5 Å². The summed E-state index contributed by atoms with van der Waals surface area (Å²) in [5.41, 5.74) is 0. The van der Waals surface area contributed by atoms with Crippen LogP contribution in [0, 0.1) is 5.92 Å². The van der Waals surface area contributed by atoms with Gasteiger partial charge in [0, 0.05) is 6.42 Å². The molecule has 204 valence electrons. The quantitative estimate of drug-likeness (QED) is 0.0935. The average Bonchev–Trinajstić information content (AvgIpc) is 2.84. The zero-order chi connectivity index (χ0) is 25.1. The van der Waals surface area contributed by atoms with Crippen molar-refractivity contribution in [2.45, 2.75) is 181 Å². The van der Waals surface area contributed by atoms with Gasteiger partial charge in [0.05, 0.1) is 12.7 Å². The van der Waals surface area contributed by atoms with E-state index in [-0.39, 0.29) is 12.1 Å². The molecule has 1 N–H and O–H groups in total. The minimum absolute atomic E-state index is 0.00328. The summed E-state index contributed by atoms with van der Waals surface area (Å²) < 4.78 is 5.63. The molecule has 0 radical (unpaired) electrons. The number of ether oxygens (including phenoxy) is 1. The van der Waals surface area contributed by atoms with Crippen molar-refractivity contribution in [3.63, 3.8) is 0 Å². The number of hydrogen-bond donors (Lipinski definition) is 1. The van der Waals surface area contributed by atoms with Crippen LogP contribution >= 0.6 is 0 Å². The molecule has 0 rings (SSSR count). The largest absolute Gasteiger partial charge is 0.465 e. The van der Waals surface area contributed by atoms with E-state index in [1.807, 2.05) is 0 Å². The minimum atomic E-state index is -0.0989. The Kier molecular flexibility index (Phi) is 26.6. The molecule has 0 saturated carbocycles. The van der Waals surface area contributed by atoms with E-state index in [1.165, 1.54) is 116 Å². The van der Waals surface area contributed by atoms with E-state index >= 15 is 0 Å². The summed E-state index contributed by atoms with van der Waals surface area (Å²) >= 11 is 0. The van der Waals surface area contributed by atoms with Crippen molar-refractivity contribution in [2.24, 2.45) is 5.92 Å². The van der Waals surface area contributed by atoms with E-state index in [1.54, 1.807) is 0 Å². The van der Waals surface area contributed by atoms with Crippen molar-refractivity contribution in [3.8, 4) is 0 Å². The third-order valence-electron chi connectivity index (χ3n) is 7.22. The zero-order valence-corrected chi connectivity index (χ0v) is 23.6. The molecule has 0 amide bonds. The molecule has 0 bridgehead atoms. The first-order valence-corrected chi connectivity index (χ1v) is 15.5. The maximum absolute atomic E-state index is 12.1. The zero-order valence-electron chi connectivity index (χ0n) is 23.6. The summed E-state index contributed by atoms with van der Waals surface area (Å²) in [6, 6.07) is 0. The van der Waals surface area contributed by atoms with Gasteiger partial charge in [-0.25, -0.2) is 0 Å².